The van der Waals surface area contributed by atoms with Crippen LogP contribution in [0.4, 0.5) is 5.69 Å². The normalized spacial score (nSPS) is 18.9. The Labute approximate surface area is 184 Å². The molecule has 1 spiro atoms. The zero-order valence-electron chi connectivity index (χ0n) is 17.6. The smallest absolute Gasteiger partial charge is 0.259 e. The van der Waals surface area contributed by atoms with Gasteiger partial charge in [-0.2, -0.15) is 5.26 Å². The third kappa shape index (κ3) is 2.41. The van der Waals surface area contributed by atoms with Crippen molar-refractivity contribution < 1.29 is 9.53 Å². The number of hydrogen-bond donors (Lipinski definition) is 1. The van der Waals surface area contributed by atoms with Crippen LogP contribution in [0.25, 0.3) is 0 Å². The van der Waals surface area contributed by atoms with Crippen LogP contribution >= 0.6 is 0 Å². The maximum atomic E-state index is 14.0. The molecule has 5 rings (SSSR count). The van der Waals surface area contributed by atoms with Crippen LogP contribution in [0.3, 0.4) is 0 Å². The summed E-state index contributed by atoms with van der Waals surface area (Å²) in [6.07, 6.45) is 0. The summed E-state index contributed by atoms with van der Waals surface area (Å²) in [5.41, 5.74) is 6.92. The second kappa shape index (κ2) is 6.86. The van der Waals surface area contributed by atoms with Gasteiger partial charge >= 0.3 is 0 Å². The number of benzene rings is 2. The molecule has 3 aromatic rings. The Balaban J connectivity index is 1.87. The molecule has 1 amide bonds. The summed E-state index contributed by atoms with van der Waals surface area (Å²) in [6, 6.07) is 20.5. The summed E-state index contributed by atoms with van der Waals surface area (Å²) in [7, 11) is 1.63. The number of ether oxygens (including phenoxy) is 1. The van der Waals surface area contributed by atoms with Crippen LogP contribution in [0.15, 0.2) is 76.9 Å². The average Bonchev–Trinajstić information content (AvgIpc) is 3.00. The van der Waals surface area contributed by atoms with Gasteiger partial charge in [-0.15, -0.1) is 0 Å². The zero-order valence-corrected chi connectivity index (χ0v) is 17.6. The van der Waals surface area contributed by atoms with Gasteiger partial charge in [0.2, 0.25) is 11.8 Å². The number of fused-ring (bicyclic) bond motifs is 4. The van der Waals surface area contributed by atoms with Gasteiger partial charge in [0.15, 0.2) is 5.41 Å². The van der Waals surface area contributed by atoms with Crippen molar-refractivity contribution in [2.24, 2.45) is 5.73 Å². The molecule has 0 radical (unpaired) electrons. The van der Waals surface area contributed by atoms with E-state index >= 15 is 0 Å². The lowest BCUT2D eigenvalue weighted by atomic mass is 9.69. The second-order valence-electron chi connectivity index (χ2n) is 7.99. The monoisotopic (exact) mass is 424 g/mol. The molecule has 0 fully saturated rings. The van der Waals surface area contributed by atoms with Crippen molar-refractivity contribution in [1.29, 1.82) is 5.26 Å². The van der Waals surface area contributed by atoms with Crippen LogP contribution in [0, 0.1) is 18.3 Å². The fraction of sp³-hybridized carbons (Fsp3) is 0.160. The quantitative estimate of drug-likeness (QED) is 0.681. The number of pyridine rings is 1. The van der Waals surface area contributed by atoms with Gasteiger partial charge in [0.25, 0.3) is 5.56 Å². The number of carbonyl (C=O) groups is 1. The van der Waals surface area contributed by atoms with Gasteiger partial charge in [-0.05, 0) is 18.6 Å². The molecule has 2 aromatic carbocycles. The van der Waals surface area contributed by atoms with Crippen molar-refractivity contribution >= 4 is 11.6 Å². The molecule has 0 bridgehead atoms. The van der Waals surface area contributed by atoms with Gasteiger partial charge in [0, 0.05) is 30.1 Å². The predicted molar refractivity (Wildman–Crippen MR) is 119 cm³/mol. The molecule has 0 saturated heterocycles. The van der Waals surface area contributed by atoms with Crippen LogP contribution in [0.5, 0.6) is 5.75 Å². The maximum absolute atomic E-state index is 14.0. The summed E-state index contributed by atoms with van der Waals surface area (Å²) in [5, 5.41) is 10.0. The second-order valence-corrected chi connectivity index (χ2v) is 7.99. The van der Waals surface area contributed by atoms with E-state index in [1.165, 1.54) is 4.90 Å². The maximum Gasteiger partial charge on any atom is 0.259 e. The Hall–Kier alpha value is -4.31. The Bertz CT molecular complexity index is 1420. The van der Waals surface area contributed by atoms with Gasteiger partial charge in [0.1, 0.15) is 17.4 Å². The standard InChI is InChI=1S/C25H20N4O3/c1-15-12-20-21(23(30)29(15)14-16-8-4-3-5-9-16)25(18(13-26)22(27)32-20)17-10-6-7-11-19(17)28(2)24(25)31/h3-12H,14,27H2,1-2H3. The lowest BCUT2D eigenvalue weighted by Crippen LogP contribution is -2.49. The molecule has 3 heterocycles. The highest BCUT2D eigenvalue weighted by atomic mass is 16.5. The Morgan fingerprint density at radius 3 is 2.50 bits per heavy atom. The van der Waals surface area contributed by atoms with E-state index in [-0.39, 0.29) is 28.3 Å². The molecule has 2 aliphatic rings. The highest BCUT2D eigenvalue weighted by molar-refractivity contribution is 6.13. The minimum absolute atomic E-state index is 0.0704. The van der Waals surface area contributed by atoms with Crippen molar-refractivity contribution in [3.8, 4) is 11.8 Å². The van der Waals surface area contributed by atoms with Crippen molar-refractivity contribution in [3.63, 3.8) is 0 Å². The van der Waals surface area contributed by atoms with Gasteiger partial charge in [-0.1, -0.05) is 48.5 Å². The molecule has 1 atom stereocenters. The number of para-hydroxylation sites is 1. The zero-order chi connectivity index (χ0) is 22.6. The number of nitriles is 1. The molecule has 2 N–H and O–H groups in total. The van der Waals surface area contributed by atoms with Gasteiger partial charge in [-0.25, -0.2) is 0 Å². The molecule has 0 saturated carbocycles. The number of nitrogens with two attached hydrogens (primary N) is 1. The summed E-state index contributed by atoms with van der Waals surface area (Å²) in [5.74, 6) is -0.375. The molecular weight excluding hydrogens is 404 g/mol. The molecule has 0 aliphatic carbocycles. The minimum Gasteiger partial charge on any atom is -0.440 e. The first-order valence-corrected chi connectivity index (χ1v) is 10.2. The number of aromatic nitrogens is 1. The first kappa shape index (κ1) is 19.6. The minimum atomic E-state index is -1.65. The fourth-order valence-corrected chi connectivity index (χ4v) is 4.79. The number of likely N-dealkylation sites (N-methyl/N-ethyl adjacent to an activating group) is 1. The van der Waals surface area contributed by atoms with Crippen LogP contribution in [0.1, 0.15) is 22.4 Å². The highest BCUT2D eigenvalue weighted by Gasteiger charge is 2.60. The Morgan fingerprint density at radius 1 is 1.09 bits per heavy atom. The number of aryl methyl sites for hydroxylation is 1. The number of carbonyl (C=O) groups excluding carboxylic acids is 1. The lowest BCUT2D eigenvalue weighted by Gasteiger charge is -2.34. The molecule has 7 heteroatoms. The van der Waals surface area contributed by atoms with Crippen LogP contribution in [0.2, 0.25) is 0 Å². The molecule has 1 aromatic heterocycles. The number of rotatable bonds is 2. The van der Waals surface area contributed by atoms with Crippen molar-refractivity contribution in [1.82, 2.24) is 4.57 Å². The van der Waals surface area contributed by atoms with E-state index in [1.807, 2.05) is 36.4 Å². The summed E-state index contributed by atoms with van der Waals surface area (Å²) in [4.78, 5) is 29.2. The van der Waals surface area contributed by atoms with E-state index in [2.05, 4.69) is 6.07 Å². The van der Waals surface area contributed by atoms with E-state index in [9.17, 15) is 14.9 Å². The number of amides is 1. The Morgan fingerprint density at radius 2 is 1.78 bits per heavy atom. The third-order valence-corrected chi connectivity index (χ3v) is 6.28. The van der Waals surface area contributed by atoms with Gasteiger partial charge in [-0.3, -0.25) is 9.59 Å². The lowest BCUT2D eigenvalue weighted by molar-refractivity contribution is -0.120. The predicted octanol–water partition coefficient (Wildman–Crippen LogP) is 2.55. The first-order valence-electron chi connectivity index (χ1n) is 10.2. The average molecular weight is 424 g/mol. The van der Waals surface area contributed by atoms with Gasteiger partial charge < -0.3 is 19.9 Å². The van der Waals surface area contributed by atoms with Crippen LogP contribution in [-0.2, 0) is 16.8 Å². The molecule has 32 heavy (non-hydrogen) atoms. The molecule has 1 unspecified atom stereocenters. The van der Waals surface area contributed by atoms with Crippen molar-refractivity contribution in [2.45, 2.75) is 18.9 Å². The molecule has 158 valence electrons. The van der Waals surface area contributed by atoms with E-state index in [4.69, 9.17) is 10.5 Å². The van der Waals surface area contributed by atoms with E-state index < -0.39 is 11.3 Å². The fourth-order valence-electron chi connectivity index (χ4n) is 4.79. The SMILES string of the molecule is Cc1cc2c(c(=O)n1Cc1ccccc1)C1(C(=O)N(C)c3ccccc31)C(C#N)=C(N)O2. The topological polar surface area (TPSA) is 101 Å². The number of hydrogen-bond acceptors (Lipinski definition) is 5. The van der Waals surface area contributed by atoms with Crippen molar-refractivity contribution in [2.75, 3.05) is 11.9 Å². The first-order chi connectivity index (χ1) is 15.4. The Kier molecular flexibility index (Phi) is 4.21. The molecule has 2 aliphatic heterocycles. The summed E-state index contributed by atoms with van der Waals surface area (Å²) in [6.45, 7) is 2.12. The third-order valence-electron chi connectivity index (χ3n) is 6.28. The van der Waals surface area contributed by atoms with E-state index in [1.54, 1.807) is 42.8 Å². The van der Waals surface area contributed by atoms with E-state index in [0.29, 0.717) is 23.5 Å². The highest BCUT2D eigenvalue weighted by Crippen LogP contribution is 2.53. The molecular formula is C25H20N4O3. The van der Waals surface area contributed by atoms with Crippen LogP contribution in [-0.4, -0.2) is 17.5 Å². The largest absolute Gasteiger partial charge is 0.440 e. The summed E-state index contributed by atoms with van der Waals surface area (Å²) >= 11 is 0. The molecule has 7 nitrogen and oxygen atoms in total. The van der Waals surface area contributed by atoms with E-state index in [0.717, 1.165) is 5.56 Å². The van der Waals surface area contributed by atoms with Crippen molar-refractivity contribution in [3.05, 3.63) is 105 Å². The number of anilines is 1. The van der Waals surface area contributed by atoms with Crippen LogP contribution < -0.4 is 20.9 Å². The van der Waals surface area contributed by atoms with Gasteiger partial charge in [0.05, 0.1) is 12.1 Å². The summed E-state index contributed by atoms with van der Waals surface area (Å²) < 4.78 is 7.34. The number of nitrogens with zero attached hydrogens (tertiary/aromatic N) is 3.